The molecule has 0 bridgehead atoms. The number of fused-ring (bicyclic) bond motifs is 3. The van der Waals surface area contributed by atoms with Crippen LogP contribution in [0.25, 0.3) is 38.8 Å². The van der Waals surface area contributed by atoms with Crippen LogP contribution in [0.15, 0.2) is 182 Å². The minimum atomic E-state index is -0.266. The van der Waals surface area contributed by atoms with Gasteiger partial charge < -0.3 is 19.1 Å². The molecule has 0 aliphatic carbocycles. The average molecular weight is 1150 g/mol. The van der Waals surface area contributed by atoms with E-state index in [2.05, 4.69) is 287 Å². The topological polar surface area (TPSA) is 33.5 Å². The molecule has 10 rings (SSSR count). The molecule has 0 amide bonds. The number of rotatable bonds is 10. The molecular weight excluding hydrogens is 1080 g/mol. The zero-order valence-electron chi connectivity index (χ0n) is 45.3. The molecule has 6 heteroatoms. The Kier molecular flexibility index (Phi) is 13.8. The molecule has 0 spiro atoms. The Morgan fingerprint density at radius 3 is 1.64 bits per heavy atom. The van der Waals surface area contributed by atoms with Crippen molar-refractivity contribution in [1.29, 1.82) is 0 Å². The third kappa shape index (κ3) is 10.1. The van der Waals surface area contributed by atoms with E-state index < -0.39 is 0 Å². The predicted octanol–water partition coefficient (Wildman–Crippen LogP) is 17.8. The molecule has 5 nitrogen and oxygen atoms in total. The quantitative estimate of drug-likeness (QED) is 0.128. The number of hydrogen-bond acceptors (Lipinski definition) is 4. The van der Waals surface area contributed by atoms with Crippen molar-refractivity contribution in [2.24, 2.45) is 5.41 Å². The number of benzene rings is 7. The van der Waals surface area contributed by atoms with Crippen molar-refractivity contribution in [3.8, 4) is 28.4 Å². The van der Waals surface area contributed by atoms with Gasteiger partial charge in [-0.05, 0) is 91.7 Å². The van der Waals surface area contributed by atoms with E-state index in [1.165, 1.54) is 39.1 Å². The van der Waals surface area contributed by atoms with Crippen molar-refractivity contribution in [1.82, 2.24) is 9.55 Å². The standard InChI is InChI=1S/C68H69N4O.Pt/c1-64(2,3)52-37-53(65(4,5)6)39-55(38-52)71-45-70(44-62(71)66(7,8)9)54-35-47(46-23-17-14-18-24-46)36-57(42-54)73-56-30-31-58-59-40-50(67(10,11)48-25-19-15-20-26-48)29-32-60(59)72(61(58)43-56)63-41-51(33-34-69-63)68(12,13)49-27-21-16-22-28-49;/h14-41,44-45H,1-13H3;/q-3;. The average Bonchev–Trinajstić information content (AvgIpc) is 3.97. The smallest absolute Gasteiger partial charge is 0.135 e. The first-order chi connectivity index (χ1) is 34.6. The Hall–Kier alpha value is -6.68. The van der Waals surface area contributed by atoms with Crippen LogP contribution in [-0.2, 0) is 42.7 Å². The second-order valence-electron chi connectivity index (χ2n) is 24.0. The maximum atomic E-state index is 7.00. The molecular formula is C68H69N4OPt-3. The molecule has 0 saturated heterocycles. The number of hydrogen-bond donors (Lipinski definition) is 0. The SMILES string of the molecule is CC(C)(C)C1=CN(c2[c-]c(Oc3[c-]c4c(cc3)c3cc(C(C)(C)c5ccccc5)ccc3n4-c3cc(C(C)(C)c4ccccc4)ccn3)cc(-c3ccccc3)c2)[CH-]N1c1cc(C(C)(C)C)cc(C(C)(C)C)c1.[Pt]. The van der Waals surface area contributed by atoms with Crippen LogP contribution in [0.2, 0.25) is 0 Å². The summed E-state index contributed by atoms with van der Waals surface area (Å²) >= 11 is 0. The summed E-state index contributed by atoms with van der Waals surface area (Å²) in [6.45, 7) is 32.0. The van der Waals surface area contributed by atoms with Gasteiger partial charge in [0.2, 0.25) is 0 Å². The van der Waals surface area contributed by atoms with Crippen LogP contribution in [-0.4, -0.2) is 9.55 Å². The number of ether oxygens (including phenoxy) is 1. The van der Waals surface area contributed by atoms with Gasteiger partial charge in [0.1, 0.15) is 5.82 Å². The van der Waals surface area contributed by atoms with Crippen LogP contribution >= 0.6 is 0 Å². The zero-order valence-corrected chi connectivity index (χ0v) is 47.6. The van der Waals surface area contributed by atoms with Gasteiger partial charge in [-0.3, -0.25) is 0 Å². The van der Waals surface area contributed by atoms with Gasteiger partial charge in [0.15, 0.2) is 0 Å². The predicted molar refractivity (Wildman–Crippen MR) is 306 cm³/mol. The van der Waals surface area contributed by atoms with E-state index in [9.17, 15) is 0 Å². The first-order valence-electron chi connectivity index (χ1n) is 25.8. The monoisotopic (exact) mass is 1150 g/mol. The Labute approximate surface area is 455 Å². The molecule has 1 aliphatic heterocycles. The van der Waals surface area contributed by atoms with Crippen molar-refractivity contribution in [3.63, 3.8) is 0 Å². The van der Waals surface area contributed by atoms with Crippen LogP contribution in [0.5, 0.6) is 11.5 Å². The van der Waals surface area contributed by atoms with Gasteiger partial charge >= 0.3 is 0 Å². The summed E-state index contributed by atoms with van der Waals surface area (Å²) in [5.41, 5.74) is 14.1. The van der Waals surface area contributed by atoms with Crippen LogP contribution in [0.3, 0.4) is 0 Å². The molecule has 0 unspecified atom stereocenters. The number of allylic oxidation sites excluding steroid dienone is 1. The van der Waals surface area contributed by atoms with E-state index in [0.717, 1.165) is 50.1 Å². The summed E-state index contributed by atoms with van der Waals surface area (Å²) in [7, 11) is 0. The summed E-state index contributed by atoms with van der Waals surface area (Å²) in [6, 6.07) is 66.4. The van der Waals surface area contributed by atoms with Gasteiger partial charge in [-0.15, -0.1) is 53.6 Å². The molecule has 9 aromatic rings. The van der Waals surface area contributed by atoms with Crippen LogP contribution in [0.4, 0.5) is 11.4 Å². The van der Waals surface area contributed by atoms with Gasteiger partial charge in [0.05, 0.1) is 0 Å². The minimum Gasteiger partial charge on any atom is -0.509 e. The Balaban J connectivity index is 0.00000672. The van der Waals surface area contributed by atoms with E-state index in [1.807, 2.05) is 12.3 Å². The van der Waals surface area contributed by atoms with E-state index >= 15 is 0 Å². The first-order valence-corrected chi connectivity index (χ1v) is 25.8. The molecule has 7 aromatic carbocycles. The van der Waals surface area contributed by atoms with Crippen molar-refractivity contribution >= 4 is 33.2 Å². The third-order valence-electron chi connectivity index (χ3n) is 15.0. The van der Waals surface area contributed by atoms with E-state index in [0.29, 0.717) is 11.5 Å². The maximum Gasteiger partial charge on any atom is 0.135 e. The van der Waals surface area contributed by atoms with Crippen LogP contribution in [0.1, 0.15) is 123 Å². The molecule has 0 saturated carbocycles. The molecule has 0 radical (unpaired) electrons. The normalized spacial score (nSPS) is 13.6. The fourth-order valence-corrected chi connectivity index (χ4v) is 10.1. The van der Waals surface area contributed by atoms with Gasteiger partial charge in [0, 0.05) is 71.9 Å². The van der Waals surface area contributed by atoms with Gasteiger partial charge in [-0.2, -0.15) is 6.07 Å². The summed E-state index contributed by atoms with van der Waals surface area (Å²) in [5, 5.41) is 2.20. The van der Waals surface area contributed by atoms with E-state index in [-0.39, 0.29) is 48.1 Å². The van der Waals surface area contributed by atoms with Crippen LogP contribution < -0.4 is 14.5 Å². The van der Waals surface area contributed by atoms with Gasteiger partial charge in [-0.1, -0.05) is 205 Å². The summed E-state index contributed by atoms with van der Waals surface area (Å²) in [4.78, 5) is 9.65. The molecule has 2 aromatic heterocycles. The number of nitrogens with zero attached hydrogens (tertiary/aromatic N) is 4. The number of anilines is 2. The zero-order chi connectivity index (χ0) is 51.7. The van der Waals surface area contributed by atoms with Crippen molar-refractivity contribution in [2.45, 2.75) is 112 Å². The van der Waals surface area contributed by atoms with Crippen molar-refractivity contribution in [3.05, 3.63) is 234 Å². The first kappa shape index (κ1) is 52.2. The largest absolute Gasteiger partial charge is 0.509 e. The van der Waals surface area contributed by atoms with Crippen molar-refractivity contribution in [2.75, 3.05) is 9.80 Å². The number of pyridine rings is 1. The maximum absolute atomic E-state index is 7.00. The van der Waals surface area contributed by atoms with Gasteiger partial charge in [-0.25, -0.2) is 4.98 Å². The molecule has 0 N–H and O–H groups in total. The van der Waals surface area contributed by atoms with Gasteiger partial charge in [0.25, 0.3) is 0 Å². The second-order valence-corrected chi connectivity index (χ2v) is 24.0. The summed E-state index contributed by atoms with van der Waals surface area (Å²) < 4.78 is 9.25. The fourth-order valence-electron chi connectivity index (χ4n) is 10.1. The Morgan fingerprint density at radius 2 is 1.05 bits per heavy atom. The summed E-state index contributed by atoms with van der Waals surface area (Å²) in [5.74, 6) is 2.00. The minimum absolute atomic E-state index is 0. The Bertz CT molecular complexity index is 3480. The van der Waals surface area contributed by atoms with E-state index in [4.69, 9.17) is 9.72 Å². The molecule has 3 heterocycles. The molecule has 0 fully saturated rings. The fraction of sp³-hybridized carbons (Fsp3) is 0.265. The third-order valence-corrected chi connectivity index (χ3v) is 15.0. The molecule has 1 aliphatic rings. The van der Waals surface area contributed by atoms with Crippen molar-refractivity contribution < 1.29 is 25.8 Å². The molecule has 74 heavy (non-hydrogen) atoms. The molecule has 0 atom stereocenters. The molecule has 380 valence electrons. The summed E-state index contributed by atoms with van der Waals surface area (Å²) in [6.07, 6.45) is 4.20. The number of aromatic nitrogens is 2. The van der Waals surface area contributed by atoms with E-state index in [1.54, 1.807) is 0 Å². The Morgan fingerprint density at radius 1 is 0.473 bits per heavy atom. The van der Waals surface area contributed by atoms with Crippen LogP contribution in [0, 0.1) is 24.2 Å². The second kappa shape index (κ2) is 19.5.